The Morgan fingerprint density at radius 1 is 0.806 bits per heavy atom. The van der Waals surface area contributed by atoms with Crippen molar-refractivity contribution in [3.8, 4) is 0 Å². The molecule has 1 aromatic carbocycles. The molecule has 0 amide bonds. The van der Waals surface area contributed by atoms with Gasteiger partial charge in [0.1, 0.15) is 11.6 Å². The van der Waals surface area contributed by atoms with Gasteiger partial charge in [-0.05, 0) is 68.6 Å². The molecule has 0 spiro atoms. The van der Waals surface area contributed by atoms with Crippen LogP contribution in [0.1, 0.15) is 116 Å². The number of aromatic nitrogens is 1. The van der Waals surface area contributed by atoms with Crippen molar-refractivity contribution >= 4 is 22.9 Å². The Labute approximate surface area is 227 Å². The van der Waals surface area contributed by atoms with Crippen molar-refractivity contribution < 1.29 is 9.59 Å². The summed E-state index contributed by atoms with van der Waals surface area (Å²) in [5.41, 5.74) is 5.33. The van der Waals surface area contributed by atoms with E-state index < -0.39 is 5.92 Å². The molecule has 2 rings (SSSR count). The Morgan fingerprint density at radius 3 is 1.58 bits per heavy atom. The van der Waals surface area contributed by atoms with Crippen LogP contribution in [-0.2, 0) is 35.3 Å². The molecular formula is C32H55NO2S. The summed E-state index contributed by atoms with van der Waals surface area (Å²) in [6.45, 7) is 24.8. The van der Waals surface area contributed by atoms with Crippen LogP contribution < -0.4 is 0 Å². The van der Waals surface area contributed by atoms with Crippen LogP contribution in [0, 0.1) is 24.7 Å². The zero-order valence-electron chi connectivity index (χ0n) is 25.5. The second kappa shape index (κ2) is 21.3. The number of thiazole rings is 1. The minimum atomic E-state index is -0.517. The zero-order valence-corrected chi connectivity index (χ0v) is 26.3. The van der Waals surface area contributed by atoms with Gasteiger partial charge in [0.2, 0.25) is 0 Å². The second-order valence-corrected chi connectivity index (χ2v) is 11.2. The van der Waals surface area contributed by atoms with Gasteiger partial charge in [-0.3, -0.25) is 9.59 Å². The number of Topliss-reactive ketones (excluding diaryl/α,β-unsaturated/α-hetero) is 2. The van der Waals surface area contributed by atoms with Gasteiger partial charge in [-0.25, -0.2) is 4.98 Å². The number of benzene rings is 1. The predicted octanol–water partition coefficient (Wildman–Crippen LogP) is 9.27. The average molecular weight is 518 g/mol. The van der Waals surface area contributed by atoms with Gasteiger partial charge in [-0.1, -0.05) is 93.4 Å². The van der Waals surface area contributed by atoms with Gasteiger partial charge in [0, 0.05) is 11.8 Å². The van der Waals surface area contributed by atoms with Gasteiger partial charge in [0.05, 0.1) is 16.6 Å². The fourth-order valence-electron chi connectivity index (χ4n) is 2.86. The van der Waals surface area contributed by atoms with Crippen LogP contribution in [0.2, 0.25) is 0 Å². The Bertz CT molecular complexity index is 830. The van der Waals surface area contributed by atoms with Crippen molar-refractivity contribution in [3.05, 3.63) is 51.0 Å². The highest BCUT2D eigenvalue weighted by molar-refractivity contribution is 7.09. The third-order valence-corrected chi connectivity index (χ3v) is 6.96. The van der Waals surface area contributed by atoms with Crippen LogP contribution in [0.4, 0.5) is 0 Å². The molecule has 0 bridgehead atoms. The molecule has 206 valence electrons. The van der Waals surface area contributed by atoms with E-state index in [-0.39, 0.29) is 11.6 Å². The van der Waals surface area contributed by atoms with Gasteiger partial charge in [-0.2, -0.15) is 0 Å². The molecular weight excluding hydrogens is 462 g/mol. The van der Waals surface area contributed by atoms with Gasteiger partial charge < -0.3 is 0 Å². The first-order chi connectivity index (χ1) is 16.9. The molecule has 0 atom stereocenters. The molecule has 36 heavy (non-hydrogen) atoms. The van der Waals surface area contributed by atoms with Crippen molar-refractivity contribution in [3.63, 3.8) is 0 Å². The van der Waals surface area contributed by atoms with Gasteiger partial charge in [0.25, 0.3) is 0 Å². The summed E-state index contributed by atoms with van der Waals surface area (Å²) < 4.78 is 0. The molecule has 1 heterocycles. The largest absolute Gasteiger partial charge is 0.299 e. The van der Waals surface area contributed by atoms with E-state index in [1.54, 1.807) is 0 Å². The summed E-state index contributed by atoms with van der Waals surface area (Å²) in [5, 5.41) is 2.86. The first-order valence-corrected chi connectivity index (χ1v) is 14.8. The van der Waals surface area contributed by atoms with Gasteiger partial charge in [-0.15, -0.1) is 11.3 Å². The fraction of sp³-hybridized carbons (Fsp3) is 0.656. The van der Waals surface area contributed by atoms with Gasteiger partial charge in [0.15, 0.2) is 0 Å². The molecule has 1 aromatic heterocycles. The third-order valence-electron chi connectivity index (χ3n) is 6.13. The number of carbonyl (C=O) groups excluding carboxylic acids is 2. The van der Waals surface area contributed by atoms with E-state index in [4.69, 9.17) is 0 Å². The van der Waals surface area contributed by atoms with Crippen molar-refractivity contribution in [2.75, 3.05) is 0 Å². The van der Waals surface area contributed by atoms with Crippen LogP contribution in [-0.4, -0.2) is 16.6 Å². The molecule has 0 radical (unpaired) electrons. The normalized spacial score (nSPS) is 10.2. The number of rotatable bonds is 9. The van der Waals surface area contributed by atoms with Crippen molar-refractivity contribution in [1.29, 1.82) is 0 Å². The number of hydrogen-bond acceptors (Lipinski definition) is 4. The van der Waals surface area contributed by atoms with Crippen LogP contribution in [0.25, 0.3) is 0 Å². The maximum Gasteiger partial charge on any atom is 0.140 e. The number of nitrogens with zero attached hydrogens (tertiary/aromatic N) is 1. The summed E-state index contributed by atoms with van der Waals surface area (Å²) in [7, 11) is 0. The Balaban J connectivity index is 0. The van der Waals surface area contributed by atoms with E-state index >= 15 is 0 Å². The highest BCUT2D eigenvalue weighted by atomic mass is 32.1. The molecule has 0 saturated heterocycles. The molecule has 3 nitrogen and oxygen atoms in total. The van der Waals surface area contributed by atoms with Crippen molar-refractivity contribution in [2.45, 2.75) is 122 Å². The topological polar surface area (TPSA) is 47.0 Å². The van der Waals surface area contributed by atoms with Crippen LogP contribution in [0.5, 0.6) is 0 Å². The maximum absolute atomic E-state index is 11.2. The predicted molar refractivity (Wildman–Crippen MR) is 160 cm³/mol. The molecule has 0 saturated carbocycles. The summed E-state index contributed by atoms with van der Waals surface area (Å²) in [6.07, 6.45) is 6.52. The first-order valence-electron chi connectivity index (χ1n) is 13.9. The van der Waals surface area contributed by atoms with Crippen LogP contribution in [0.15, 0.2) is 23.6 Å². The first kappa shape index (κ1) is 36.3. The van der Waals surface area contributed by atoms with Crippen molar-refractivity contribution in [1.82, 2.24) is 4.98 Å². The van der Waals surface area contributed by atoms with E-state index in [9.17, 15) is 9.59 Å². The standard InChI is InChI=1S/C12H18.C10H13NO2S.2C5H12/c1-4-10-7-8-11(5-2)12(6-3)9-10;1-6(12)10(7(2)13)4-9-5-14-8(3)11-9;2*1-4-5(2)3/h7-9H,4-6H2,1-3H3;5,10H,4H2,1-3H3;2*5H,4H2,1-3H3. The van der Waals surface area contributed by atoms with E-state index in [0.717, 1.165) is 41.8 Å². The quantitative estimate of drug-likeness (QED) is 0.311. The SMILES string of the molecule is CC(=O)C(Cc1csc(C)n1)C(C)=O.CCC(C)C.CCC(C)C.CCc1ccc(CC)c(CC)c1. The monoisotopic (exact) mass is 517 g/mol. The third kappa shape index (κ3) is 17.6. The van der Waals surface area contributed by atoms with E-state index in [1.165, 1.54) is 54.7 Å². The number of carbonyl (C=O) groups is 2. The van der Waals surface area contributed by atoms with E-state index in [2.05, 4.69) is 85.5 Å². The highest BCUT2D eigenvalue weighted by Crippen LogP contribution is 2.15. The number of ketones is 2. The van der Waals surface area contributed by atoms with Crippen LogP contribution >= 0.6 is 11.3 Å². The Hall–Kier alpha value is -1.81. The summed E-state index contributed by atoms with van der Waals surface area (Å²) in [6, 6.07) is 6.87. The molecule has 0 fully saturated rings. The van der Waals surface area contributed by atoms with E-state index in [0.29, 0.717) is 6.42 Å². The Morgan fingerprint density at radius 2 is 1.28 bits per heavy atom. The van der Waals surface area contributed by atoms with Gasteiger partial charge >= 0.3 is 0 Å². The molecule has 0 unspecified atom stereocenters. The lowest BCUT2D eigenvalue weighted by Crippen LogP contribution is -2.22. The molecule has 0 aliphatic rings. The molecule has 0 aliphatic heterocycles. The summed E-state index contributed by atoms with van der Waals surface area (Å²) in [4.78, 5) is 26.5. The smallest absolute Gasteiger partial charge is 0.140 e. The average Bonchev–Trinajstić information content (AvgIpc) is 3.27. The maximum atomic E-state index is 11.2. The van der Waals surface area contributed by atoms with E-state index in [1.807, 2.05) is 12.3 Å². The minimum absolute atomic E-state index is 0.0804. The molecule has 2 aromatic rings. The number of hydrogen-bond donors (Lipinski definition) is 0. The van der Waals surface area contributed by atoms with Crippen molar-refractivity contribution in [2.24, 2.45) is 17.8 Å². The molecule has 0 aliphatic carbocycles. The molecule has 4 heteroatoms. The molecule has 0 N–H and O–H groups in total. The summed E-state index contributed by atoms with van der Waals surface area (Å²) in [5.74, 6) is 1.09. The lowest BCUT2D eigenvalue weighted by atomic mass is 9.96. The second-order valence-electron chi connectivity index (χ2n) is 10.1. The number of aryl methyl sites for hydroxylation is 4. The lowest BCUT2D eigenvalue weighted by molar-refractivity contribution is -0.130. The zero-order chi connectivity index (χ0) is 28.3. The lowest BCUT2D eigenvalue weighted by Gasteiger charge is -2.07. The highest BCUT2D eigenvalue weighted by Gasteiger charge is 2.20. The summed E-state index contributed by atoms with van der Waals surface area (Å²) >= 11 is 1.54. The minimum Gasteiger partial charge on any atom is -0.299 e. The Kier molecular flexibility index (Phi) is 21.5. The van der Waals surface area contributed by atoms with Crippen LogP contribution in [0.3, 0.4) is 0 Å². The fourth-order valence-corrected chi connectivity index (χ4v) is 3.48.